The van der Waals surface area contributed by atoms with E-state index < -0.39 is 9.84 Å². The van der Waals surface area contributed by atoms with Gasteiger partial charge in [-0.1, -0.05) is 6.92 Å². The van der Waals surface area contributed by atoms with Crippen molar-refractivity contribution in [1.29, 1.82) is 0 Å². The maximum Gasteiger partial charge on any atom is 0.150 e. The lowest BCUT2D eigenvalue weighted by atomic mass is 9.97. The molecule has 1 atom stereocenters. The molecule has 0 radical (unpaired) electrons. The van der Waals surface area contributed by atoms with Gasteiger partial charge in [0.25, 0.3) is 0 Å². The first-order valence-electron chi connectivity index (χ1n) is 6.82. The third-order valence-corrected chi connectivity index (χ3v) is 6.08. The van der Waals surface area contributed by atoms with Crippen molar-refractivity contribution >= 4 is 9.84 Å². The number of hydrogen-bond acceptors (Lipinski definition) is 3. The van der Waals surface area contributed by atoms with Crippen molar-refractivity contribution in [3.8, 4) is 0 Å². The fraction of sp³-hybridized carbons (Fsp3) is 0.769. The second kappa shape index (κ2) is 4.37. The van der Waals surface area contributed by atoms with Crippen molar-refractivity contribution in [2.45, 2.75) is 51.0 Å². The highest BCUT2D eigenvalue weighted by Gasteiger charge is 2.29. The van der Waals surface area contributed by atoms with Gasteiger partial charge in [-0.3, -0.25) is 0 Å². The monoisotopic (exact) mass is 268 g/mol. The molecule has 5 heteroatoms. The van der Waals surface area contributed by atoms with E-state index in [4.69, 9.17) is 0 Å². The Morgan fingerprint density at radius 2 is 2.00 bits per heavy atom. The Morgan fingerprint density at radius 3 is 2.72 bits per heavy atom. The number of sulfone groups is 1. The molecule has 1 aromatic rings. The molecule has 1 saturated heterocycles. The Labute approximate surface area is 108 Å². The van der Waals surface area contributed by atoms with E-state index in [1.807, 2.05) is 6.20 Å². The minimum atomic E-state index is -2.78. The number of hydrogen-bond donors (Lipinski definition) is 0. The average Bonchev–Trinajstić information content (AvgIpc) is 2.74. The molecule has 2 aliphatic rings. The zero-order valence-corrected chi connectivity index (χ0v) is 11.6. The van der Waals surface area contributed by atoms with Gasteiger partial charge in [0, 0.05) is 24.4 Å². The maximum absolute atomic E-state index is 11.5. The topological polar surface area (TPSA) is 52.0 Å². The third kappa shape index (κ3) is 2.09. The normalized spacial score (nSPS) is 27.9. The van der Waals surface area contributed by atoms with Gasteiger partial charge in [-0.15, -0.1) is 0 Å². The molecule has 100 valence electrons. The molecule has 1 unspecified atom stereocenters. The van der Waals surface area contributed by atoms with Crippen LogP contribution in [0.1, 0.15) is 56.0 Å². The zero-order valence-electron chi connectivity index (χ0n) is 10.8. The molecule has 1 fully saturated rings. The summed E-state index contributed by atoms with van der Waals surface area (Å²) < 4.78 is 25.3. The van der Waals surface area contributed by atoms with Gasteiger partial charge in [0.05, 0.1) is 11.5 Å². The highest BCUT2D eigenvalue weighted by atomic mass is 32.2. The predicted octanol–water partition coefficient (Wildman–Crippen LogP) is 2.07. The number of rotatable bonds is 1. The fourth-order valence-electron chi connectivity index (χ4n) is 3.22. The summed E-state index contributed by atoms with van der Waals surface area (Å²) in [5.74, 6) is 2.72. The van der Waals surface area contributed by atoms with E-state index in [1.165, 1.54) is 18.5 Å². The molecule has 0 N–H and O–H groups in total. The molecule has 0 bridgehead atoms. The van der Waals surface area contributed by atoms with Crippen LogP contribution in [0.4, 0.5) is 0 Å². The minimum absolute atomic E-state index is 0.329. The van der Waals surface area contributed by atoms with Gasteiger partial charge in [-0.2, -0.15) is 0 Å². The van der Waals surface area contributed by atoms with Crippen molar-refractivity contribution in [2.24, 2.45) is 0 Å². The summed E-state index contributed by atoms with van der Waals surface area (Å²) in [5.41, 5.74) is 1.34. The van der Waals surface area contributed by atoms with E-state index in [0.717, 1.165) is 25.2 Å². The Kier molecular flexibility index (Phi) is 2.96. The van der Waals surface area contributed by atoms with Crippen LogP contribution in [0.3, 0.4) is 0 Å². The summed E-state index contributed by atoms with van der Waals surface area (Å²) >= 11 is 0. The first-order valence-corrected chi connectivity index (χ1v) is 8.65. The smallest absolute Gasteiger partial charge is 0.150 e. The Morgan fingerprint density at radius 1 is 1.28 bits per heavy atom. The summed E-state index contributed by atoms with van der Waals surface area (Å²) in [7, 11) is -2.78. The van der Waals surface area contributed by atoms with E-state index in [2.05, 4.69) is 16.5 Å². The van der Waals surface area contributed by atoms with Crippen molar-refractivity contribution in [3.05, 3.63) is 17.7 Å². The molecule has 2 aliphatic heterocycles. The van der Waals surface area contributed by atoms with Gasteiger partial charge >= 0.3 is 0 Å². The molecule has 0 aliphatic carbocycles. The van der Waals surface area contributed by atoms with E-state index >= 15 is 0 Å². The van der Waals surface area contributed by atoms with Crippen LogP contribution >= 0.6 is 0 Å². The third-order valence-electron chi connectivity index (χ3n) is 4.36. The molecule has 0 spiro atoms. The number of aromatic nitrogens is 2. The standard InChI is InChI=1S/C13H20N2O2S/c1-10-3-2-6-15-12(10)9-14-13(15)11-4-7-18(16,17)8-5-11/h9-11H,2-8H2,1H3. The zero-order chi connectivity index (χ0) is 12.8. The van der Waals surface area contributed by atoms with Crippen LogP contribution in [0.2, 0.25) is 0 Å². The molecular weight excluding hydrogens is 248 g/mol. The summed E-state index contributed by atoms with van der Waals surface area (Å²) in [6, 6.07) is 0. The van der Waals surface area contributed by atoms with Crippen LogP contribution in [-0.4, -0.2) is 29.5 Å². The van der Waals surface area contributed by atoms with Gasteiger partial charge in [0.15, 0.2) is 0 Å². The minimum Gasteiger partial charge on any atom is -0.332 e. The van der Waals surface area contributed by atoms with E-state index in [-0.39, 0.29) is 0 Å². The largest absolute Gasteiger partial charge is 0.332 e. The van der Waals surface area contributed by atoms with Gasteiger partial charge in [-0.25, -0.2) is 13.4 Å². The van der Waals surface area contributed by atoms with Crippen LogP contribution in [0.15, 0.2) is 6.20 Å². The van der Waals surface area contributed by atoms with E-state index in [1.54, 1.807) is 0 Å². The van der Waals surface area contributed by atoms with Crippen molar-refractivity contribution < 1.29 is 8.42 Å². The average molecular weight is 268 g/mol. The second-order valence-electron chi connectivity index (χ2n) is 5.66. The lowest BCUT2D eigenvalue weighted by Gasteiger charge is -2.26. The fourth-order valence-corrected chi connectivity index (χ4v) is 4.71. The molecule has 1 aromatic heterocycles. The molecule has 3 rings (SSSR count). The van der Waals surface area contributed by atoms with Crippen molar-refractivity contribution in [2.75, 3.05) is 11.5 Å². The van der Waals surface area contributed by atoms with Crippen LogP contribution in [0, 0.1) is 0 Å². The van der Waals surface area contributed by atoms with Gasteiger partial charge in [-0.05, 0) is 31.6 Å². The lowest BCUT2D eigenvalue weighted by Crippen LogP contribution is -2.25. The number of imidazole rings is 1. The van der Waals surface area contributed by atoms with Crippen molar-refractivity contribution in [1.82, 2.24) is 9.55 Å². The van der Waals surface area contributed by atoms with Crippen LogP contribution in [-0.2, 0) is 16.4 Å². The molecule has 0 aromatic carbocycles. The highest BCUT2D eigenvalue weighted by molar-refractivity contribution is 7.91. The first kappa shape index (κ1) is 12.2. The van der Waals surface area contributed by atoms with E-state index in [9.17, 15) is 8.42 Å². The lowest BCUT2D eigenvalue weighted by molar-refractivity contribution is 0.440. The van der Waals surface area contributed by atoms with Crippen LogP contribution < -0.4 is 0 Å². The van der Waals surface area contributed by atoms with Gasteiger partial charge in [0.1, 0.15) is 15.7 Å². The van der Waals surface area contributed by atoms with Crippen LogP contribution in [0.25, 0.3) is 0 Å². The molecule has 0 amide bonds. The quantitative estimate of drug-likeness (QED) is 0.783. The predicted molar refractivity (Wildman–Crippen MR) is 70.5 cm³/mol. The second-order valence-corrected chi connectivity index (χ2v) is 7.97. The SMILES string of the molecule is CC1CCCn2c1cnc2C1CCS(=O)(=O)CC1. The number of nitrogens with zero attached hydrogens (tertiary/aromatic N) is 2. The summed E-state index contributed by atoms with van der Waals surface area (Å²) in [6.07, 6.45) is 5.94. The first-order chi connectivity index (χ1) is 8.57. The summed E-state index contributed by atoms with van der Waals surface area (Å²) in [6.45, 7) is 3.31. The Hall–Kier alpha value is -0.840. The molecular formula is C13H20N2O2S. The number of fused-ring (bicyclic) bond motifs is 1. The molecule has 18 heavy (non-hydrogen) atoms. The van der Waals surface area contributed by atoms with Gasteiger partial charge in [0.2, 0.25) is 0 Å². The van der Waals surface area contributed by atoms with Crippen LogP contribution in [0.5, 0.6) is 0 Å². The summed E-state index contributed by atoms with van der Waals surface area (Å²) in [4.78, 5) is 4.59. The van der Waals surface area contributed by atoms with Crippen molar-refractivity contribution in [3.63, 3.8) is 0 Å². The van der Waals surface area contributed by atoms with E-state index in [0.29, 0.717) is 23.3 Å². The summed E-state index contributed by atoms with van der Waals surface area (Å²) in [5, 5.41) is 0. The molecule has 4 nitrogen and oxygen atoms in total. The molecule has 3 heterocycles. The van der Waals surface area contributed by atoms with Gasteiger partial charge < -0.3 is 4.57 Å². The molecule has 0 saturated carbocycles. The maximum atomic E-state index is 11.5. The Balaban J connectivity index is 1.86. The highest BCUT2D eigenvalue weighted by Crippen LogP contribution is 2.34. The Bertz CT molecular complexity index is 533.